The van der Waals surface area contributed by atoms with Crippen molar-refractivity contribution in [2.75, 3.05) is 18.4 Å². The Morgan fingerprint density at radius 3 is 2.82 bits per heavy atom. The first-order valence-electron chi connectivity index (χ1n) is 7.57. The van der Waals surface area contributed by atoms with E-state index in [-0.39, 0.29) is 5.91 Å². The summed E-state index contributed by atoms with van der Waals surface area (Å²) in [4.78, 5) is 15.6. The lowest BCUT2D eigenvalue weighted by Gasteiger charge is -2.17. The minimum Gasteiger partial charge on any atom is -0.380 e. The Bertz CT molecular complexity index is 759. The average molecular weight is 311 g/mol. The van der Waals surface area contributed by atoms with E-state index < -0.39 is 0 Å². The molecule has 1 amide bonds. The van der Waals surface area contributed by atoms with Gasteiger partial charge >= 0.3 is 0 Å². The zero-order valence-electron chi connectivity index (χ0n) is 12.2. The third-order valence-electron chi connectivity index (χ3n) is 4.38. The summed E-state index contributed by atoms with van der Waals surface area (Å²) >= 11 is 1.67. The van der Waals surface area contributed by atoms with Crippen molar-refractivity contribution in [2.24, 2.45) is 0 Å². The zero-order valence-corrected chi connectivity index (χ0v) is 13.0. The molecule has 4 nitrogen and oxygen atoms in total. The Morgan fingerprint density at radius 1 is 1.18 bits per heavy atom. The van der Waals surface area contributed by atoms with E-state index in [1.165, 1.54) is 4.88 Å². The molecule has 1 aromatic heterocycles. The summed E-state index contributed by atoms with van der Waals surface area (Å²) in [7, 11) is 0. The van der Waals surface area contributed by atoms with Crippen molar-refractivity contribution >= 4 is 28.6 Å². The molecule has 1 saturated heterocycles. The number of rotatable bonds is 1. The molecule has 112 valence electrons. The number of benzene rings is 1. The highest BCUT2D eigenvalue weighted by molar-refractivity contribution is 7.10. The number of hydrogen-bond acceptors (Lipinski definition) is 4. The van der Waals surface area contributed by atoms with E-state index in [1.54, 1.807) is 11.3 Å². The van der Waals surface area contributed by atoms with Crippen molar-refractivity contribution < 1.29 is 4.79 Å². The zero-order chi connectivity index (χ0) is 15.1. The van der Waals surface area contributed by atoms with Crippen molar-refractivity contribution in [1.29, 1.82) is 5.41 Å². The van der Waals surface area contributed by atoms with Crippen LogP contribution in [0.15, 0.2) is 29.6 Å². The molecule has 4 rings (SSSR count). The van der Waals surface area contributed by atoms with Gasteiger partial charge in [-0.3, -0.25) is 10.2 Å². The van der Waals surface area contributed by atoms with E-state index in [9.17, 15) is 4.79 Å². The van der Waals surface area contributed by atoms with Crippen molar-refractivity contribution in [3.8, 4) is 0 Å². The molecule has 3 heterocycles. The number of thiophene rings is 1. The number of carbonyl (C=O) groups is 1. The maximum atomic E-state index is 12.5. The molecule has 2 aromatic rings. The van der Waals surface area contributed by atoms with Crippen LogP contribution in [0.5, 0.6) is 0 Å². The van der Waals surface area contributed by atoms with Crippen molar-refractivity contribution in [3.63, 3.8) is 0 Å². The van der Waals surface area contributed by atoms with Gasteiger partial charge in [-0.25, -0.2) is 0 Å². The van der Waals surface area contributed by atoms with Crippen LogP contribution in [0.3, 0.4) is 0 Å². The lowest BCUT2D eigenvalue weighted by Crippen LogP contribution is -2.27. The van der Waals surface area contributed by atoms with Gasteiger partial charge in [-0.1, -0.05) is 0 Å². The SMILES string of the molecule is N=C1c2ccc(C(=O)N3CCCC3)cc2NCc2sccc21. The van der Waals surface area contributed by atoms with Gasteiger partial charge in [0, 0.05) is 40.3 Å². The molecule has 2 N–H and O–H groups in total. The fourth-order valence-corrected chi connectivity index (χ4v) is 3.99. The number of anilines is 1. The monoisotopic (exact) mass is 311 g/mol. The van der Waals surface area contributed by atoms with Crippen LogP contribution >= 0.6 is 11.3 Å². The lowest BCUT2D eigenvalue weighted by atomic mass is 10.0. The van der Waals surface area contributed by atoms with Gasteiger partial charge in [0.25, 0.3) is 5.91 Å². The number of nitrogens with zero attached hydrogens (tertiary/aromatic N) is 1. The molecular formula is C17H17N3OS. The molecule has 0 spiro atoms. The molecular weight excluding hydrogens is 294 g/mol. The first-order chi connectivity index (χ1) is 10.7. The summed E-state index contributed by atoms with van der Waals surface area (Å²) in [5.41, 5.74) is 4.01. The molecule has 0 bridgehead atoms. The van der Waals surface area contributed by atoms with Gasteiger partial charge < -0.3 is 10.2 Å². The Labute approximate surface area is 133 Å². The smallest absolute Gasteiger partial charge is 0.253 e. The normalized spacial score (nSPS) is 16.7. The predicted octanol–water partition coefficient (Wildman–Crippen LogP) is 3.33. The first-order valence-corrected chi connectivity index (χ1v) is 8.45. The molecule has 5 heteroatoms. The van der Waals surface area contributed by atoms with Crippen LogP contribution in [0.2, 0.25) is 0 Å². The van der Waals surface area contributed by atoms with Crippen LogP contribution in [-0.4, -0.2) is 29.6 Å². The van der Waals surface area contributed by atoms with Gasteiger partial charge in [-0.2, -0.15) is 0 Å². The van der Waals surface area contributed by atoms with Crippen LogP contribution < -0.4 is 5.32 Å². The summed E-state index contributed by atoms with van der Waals surface area (Å²) < 4.78 is 0. The highest BCUT2D eigenvalue weighted by Crippen LogP contribution is 2.30. The highest BCUT2D eigenvalue weighted by atomic mass is 32.1. The minimum absolute atomic E-state index is 0.104. The topological polar surface area (TPSA) is 56.2 Å². The fraction of sp³-hybridized carbons (Fsp3) is 0.294. The van der Waals surface area contributed by atoms with E-state index in [0.29, 0.717) is 17.8 Å². The maximum absolute atomic E-state index is 12.5. The summed E-state index contributed by atoms with van der Waals surface area (Å²) in [6, 6.07) is 7.66. The highest BCUT2D eigenvalue weighted by Gasteiger charge is 2.23. The van der Waals surface area contributed by atoms with Crippen LogP contribution in [0.4, 0.5) is 5.69 Å². The second-order valence-corrected chi connectivity index (χ2v) is 6.75. The molecule has 0 saturated carbocycles. The third kappa shape index (κ3) is 2.13. The Morgan fingerprint density at radius 2 is 2.00 bits per heavy atom. The number of carbonyl (C=O) groups excluding carboxylic acids is 1. The largest absolute Gasteiger partial charge is 0.380 e. The average Bonchev–Trinajstić information content (AvgIpc) is 3.20. The van der Waals surface area contributed by atoms with Crippen LogP contribution in [0, 0.1) is 5.41 Å². The maximum Gasteiger partial charge on any atom is 0.253 e. The van der Waals surface area contributed by atoms with Gasteiger partial charge in [0.05, 0.1) is 12.3 Å². The second-order valence-electron chi connectivity index (χ2n) is 5.75. The lowest BCUT2D eigenvalue weighted by molar-refractivity contribution is 0.0793. The summed E-state index contributed by atoms with van der Waals surface area (Å²) in [6.07, 6.45) is 2.19. The van der Waals surface area contributed by atoms with E-state index in [1.807, 2.05) is 34.5 Å². The molecule has 2 aliphatic rings. The molecule has 0 atom stereocenters. The summed E-state index contributed by atoms with van der Waals surface area (Å²) in [5.74, 6) is 0.104. The Balaban J connectivity index is 1.70. The van der Waals surface area contributed by atoms with E-state index in [4.69, 9.17) is 5.41 Å². The molecule has 2 aliphatic heterocycles. The van der Waals surface area contributed by atoms with Crippen molar-refractivity contribution in [1.82, 2.24) is 4.90 Å². The predicted molar refractivity (Wildman–Crippen MR) is 89.2 cm³/mol. The molecule has 0 aliphatic carbocycles. The van der Waals surface area contributed by atoms with E-state index in [2.05, 4.69) is 5.32 Å². The van der Waals surface area contributed by atoms with Crippen LogP contribution in [-0.2, 0) is 6.54 Å². The van der Waals surface area contributed by atoms with Crippen LogP contribution in [0.25, 0.3) is 0 Å². The van der Waals surface area contributed by atoms with Gasteiger partial charge in [0.15, 0.2) is 0 Å². The standard InChI is InChI=1S/C17H17N3OS/c18-16-12-4-3-11(17(21)20-6-1-2-7-20)9-14(12)19-10-15-13(16)5-8-22-15/h3-5,8-9,18-19H,1-2,6-7,10H2. The Kier molecular flexibility index (Phi) is 3.22. The van der Waals surface area contributed by atoms with Gasteiger partial charge in [0.1, 0.15) is 0 Å². The number of amides is 1. The summed E-state index contributed by atoms with van der Waals surface area (Å²) in [6.45, 7) is 2.43. The third-order valence-corrected chi connectivity index (χ3v) is 5.30. The van der Waals surface area contributed by atoms with Crippen molar-refractivity contribution in [3.05, 3.63) is 51.2 Å². The molecule has 0 radical (unpaired) electrons. The Hall–Kier alpha value is -2.14. The molecule has 22 heavy (non-hydrogen) atoms. The number of fused-ring (bicyclic) bond motifs is 2. The van der Waals surface area contributed by atoms with Gasteiger partial charge in [-0.05, 0) is 42.5 Å². The summed E-state index contributed by atoms with van der Waals surface area (Å²) in [5, 5.41) is 13.8. The fourth-order valence-electron chi connectivity index (χ4n) is 3.17. The number of likely N-dealkylation sites (tertiary alicyclic amines) is 1. The minimum atomic E-state index is 0.104. The van der Waals surface area contributed by atoms with Crippen molar-refractivity contribution in [2.45, 2.75) is 19.4 Å². The van der Waals surface area contributed by atoms with E-state index in [0.717, 1.165) is 42.7 Å². The first kappa shape index (κ1) is 13.5. The quantitative estimate of drug-likeness (QED) is 0.849. The van der Waals surface area contributed by atoms with Gasteiger partial charge in [0.2, 0.25) is 0 Å². The van der Waals surface area contributed by atoms with Crippen LogP contribution in [0.1, 0.15) is 39.2 Å². The molecule has 1 aromatic carbocycles. The van der Waals surface area contributed by atoms with Gasteiger partial charge in [-0.15, -0.1) is 11.3 Å². The molecule has 1 fully saturated rings. The number of hydrogen-bond donors (Lipinski definition) is 2. The molecule has 0 unspecified atom stereocenters. The van der Waals surface area contributed by atoms with E-state index >= 15 is 0 Å². The number of nitrogens with one attached hydrogen (secondary N) is 2. The second kappa shape index (κ2) is 5.25.